The molecular formula is C13H25N. The molecule has 1 rings (SSSR count). The molecule has 14 heavy (non-hydrogen) atoms. The first kappa shape index (κ1) is 11.8. The molecular weight excluding hydrogens is 170 g/mol. The normalized spacial score (nSPS) is 24.1. The van der Waals surface area contributed by atoms with Gasteiger partial charge in [-0.05, 0) is 32.1 Å². The molecule has 0 heterocycles. The molecule has 0 aliphatic heterocycles. The van der Waals surface area contributed by atoms with E-state index in [2.05, 4.69) is 38.2 Å². The van der Waals surface area contributed by atoms with Crippen molar-refractivity contribution < 1.29 is 0 Å². The molecule has 0 aromatic rings. The standard InChI is InChI=1S/C13H25N/c1-4-12(5-2)11(3)14-13-9-7-6-8-10-13/h7,9,11-14H,4-6,8,10H2,1-3H3. The summed E-state index contributed by atoms with van der Waals surface area (Å²) in [6.07, 6.45) is 11.2. The second kappa shape index (κ2) is 6.23. The third kappa shape index (κ3) is 3.45. The molecule has 2 atom stereocenters. The Morgan fingerprint density at radius 2 is 2.07 bits per heavy atom. The maximum Gasteiger partial charge on any atom is 0.0252 e. The van der Waals surface area contributed by atoms with Gasteiger partial charge in [0.05, 0.1) is 0 Å². The van der Waals surface area contributed by atoms with Crippen molar-refractivity contribution in [2.24, 2.45) is 5.92 Å². The molecule has 0 amide bonds. The van der Waals surface area contributed by atoms with E-state index in [0.29, 0.717) is 12.1 Å². The van der Waals surface area contributed by atoms with Crippen LogP contribution in [0.4, 0.5) is 0 Å². The van der Waals surface area contributed by atoms with Gasteiger partial charge in [-0.3, -0.25) is 0 Å². The predicted octanol–water partition coefficient (Wildman–Crippen LogP) is 3.51. The van der Waals surface area contributed by atoms with Gasteiger partial charge in [0.1, 0.15) is 0 Å². The highest BCUT2D eigenvalue weighted by atomic mass is 14.9. The SMILES string of the molecule is CCC(CC)C(C)NC1C=CCCC1. The first-order valence-electron chi connectivity index (χ1n) is 6.20. The second-order valence-corrected chi connectivity index (χ2v) is 4.50. The minimum absolute atomic E-state index is 0.638. The molecule has 1 N–H and O–H groups in total. The Bertz CT molecular complexity index is 170. The van der Waals surface area contributed by atoms with Crippen LogP contribution in [0.2, 0.25) is 0 Å². The van der Waals surface area contributed by atoms with E-state index in [1.807, 2.05) is 0 Å². The van der Waals surface area contributed by atoms with E-state index in [-0.39, 0.29) is 0 Å². The van der Waals surface area contributed by atoms with Crippen molar-refractivity contribution in [3.05, 3.63) is 12.2 Å². The first-order valence-corrected chi connectivity index (χ1v) is 6.20. The summed E-state index contributed by atoms with van der Waals surface area (Å²) in [7, 11) is 0. The quantitative estimate of drug-likeness (QED) is 0.662. The second-order valence-electron chi connectivity index (χ2n) is 4.50. The van der Waals surface area contributed by atoms with Crippen LogP contribution in [-0.2, 0) is 0 Å². The molecule has 0 aromatic heterocycles. The van der Waals surface area contributed by atoms with Gasteiger partial charge < -0.3 is 5.32 Å². The molecule has 1 nitrogen and oxygen atoms in total. The van der Waals surface area contributed by atoms with Gasteiger partial charge in [0.15, 0.2) is 0 Å². The Kier molecular flexibility index (Phi) is 5.24. The molecule has 1 aliphatic carbocycles. The Morgan fingerprint density at radius 1 is 1.36 bits per heavy atom. The fraction of sp³-hybridized carbons (Fsp3) is 0.846. The zero-order chi connectivity index (χ0) is 10.4. The van der Waals surface area contributed by atoms with E-state index in [0.717, 1.165) is 5.92 Å². The van der Waals surface area contributed by atoms with Crippen LogP contribution in [0.15, 0.2) is 12.2 Å². The molecule has 0 aromatic carbocycles. The van der Waals surface area contributed by atoms with Gasteiger partial charge >= 0.3 is 0 Å². The number of hydrogen-bond donors (Lipinski definition) is 1. The number of allylic oxidation sites excluding steroid dienone is 1. The lowest BCUT2D eigenvalue weighted by Crippen LogP contribution is -2.40. The van der Waals surface area contributed by atoms with Gasteiger partial charge in [-0.2, -0.15) is 0 Å². The van der Waals surface area contributed by atoms with Crippen LogP contribution < -0.4 is 5.32 Å². The molecule has 0 fully saturated rings. The summed E-state index contributed by atoms with van der Waals surface area (Å²) in [5.74, 6) is 0.838. The molecule has 1 heteroatoms. The molecule has 0 bridgehead atoms. The zero-order valence-corrected chi connectivity index (χ0v) is 9.92. The van der Waals surface area contributed by atoms with Crippen molar-refractivity contribution in [2.75, 3.05) is 0 Å². The van der Waals surface area contributed by atoms with Crippen LogP contribution in [0, 0.1) is 5.92 Å². The molecule has 0 radical (unpaired) electrons. The van der Waals surface area contributed by atoms with E-state index in [9.17, 15) is 0 Å². The molecule has 0 saturated carbocycles. The van der Waals surface area contributed by atoms with Crippen molar-refractivity contribution in [1.29, 1.82) is 0 Å². The van der Waals surface area contributed by atoms with Gasteiger partial charge in [0.2, 0.25) is 0 Å². The van der Waals surface area contributed by atoms with Crippen LogP contribution in [0.3, 0.4) is 0 Å². The Hall–Kier alpha value is -0.300. The molecule has 2 unspecified atom stereocenters. The van der Waals surface area contributed by atoms with Crippen LogP contribution >= 0.6 is 0 Å². The van der Waals surface area contributed by atoms with Crippen LogP contribution in [-0.4, -0.2) is 12.1 Å². The lowest BCUT2D eigenvalue weighted by Gasteiger charge is -2.28. The summed E-state index contributed by atoms with van der Waals surface area (Å²) in [4.78, 5) is 0. The number of hydrogen-bond acceptors (Lipinski definition) is 1. The average Bonchev–Trinajstić information content (AvgIpc) is 2.21. The summed E-state index contributed by atoms with van der Waals surface area (Å²) in [5.41, 5.74) is 0. The third-order valence-corrected chi connectivity index (χ3v) is 3.49. The fourth-order valence-electron chi connectivity index (χ4n) is 2.42. The third-order valence-electron chi connectivity index (χ3n) is 3.49. The maximum atomic E-state index is 3.73. The Morgan fingerprint density at radius 3 is 2.57 bits per heavy atom. The van der Waals surface area contributed by atoms with Crippen LogP contribution in [0.5, 0.6) is 0 Å². The Labute approximate surface area is 89.0 Å². The van der Waals surface area contributed by atoms with Crippen molar-refractivity contribution >= 4 is 0 Å². The van der Waals surface area contributed by atoms with Gasteiger partial charge in [-0.1, -0.05) is 38.8 Å². The summed E-state index contributed by atoms with van der Waals surface area (Å²) in [5, 5.41) is 3.73. The smallest absolute Gasteiger partial charge is 0.0252 e. The summed E-state index contributed by atoms with van der Waals surface area (Å²) in [6.45, 7) is 6.92. The van der Waals surface area contributed by atoms with Crippen molar-refractivity contribution in [2.45, 2.75) is 65.0 Å². The van der Waals surface area contributed by atoms with E-state index < -0.39 is 0 Å². The molecule has 1 aliphatic rings. The monoisotopic (exact) mass is 195 g/mol. The lowest BCUT2D eigenvalue weighted by atomic mass is 9.93. The van der Waals surface area contributed by atoms with E-state index in [1.165, 1.54) is 32.1 Å². The lowest BCUT2D eigenvalue weighted by molar-refractivity contribution is 0.328. The molecule has 0 saturated heterocycles. The zero-order valence-electron chi connectivity index (χ0n) is 9.92. The van der Waals surface area contributed by atoms with E-state index in [4.69, 9.17) is 0 Å². The fourth-order valence-corrected chi connectivity index (χ4v) is 2.42. The van der Waals surface area contributed by atoms with E-state index >= 15 is 0 Å². The predicted molar refractivity (Wildman–Crippen MR) is 63.4 cm³/mol. The minimum atomic E-state index is 0.638. The molecule has 0 spiro atoms. The number of nitrogens with one attached hydrogen (secondary N) is 1. The van der Waals surface area contributed by atoms with Gasteiger partial charge in [0.25, 0.3) is 0 Å². The number of rotatable bonds is 5. The Balaban J connectivity index is 2.34. The van der Waals surface area contributed by atoms with Crippen LogP contribution in [0.25, 0.3) is 0 Å². The molecule has 82 valence electrons. The topological polar surface area (TPSA) is 12.0 Å². The van der Waals surface area contributed by atoms with Gasteiger partial charge in [0, 0.05) is 12.1 Å². The van der Waals surface area contributed by atoms with Crippen molar-refractivity contribution in [1.82, 2.24) is 5.32 Å². The van der Waals surface area contributed by atoms with Gasteiger partial charge in [-0.15, -0.1) is 0 Å². The summed E-state index contributed by atoms with van der Waals surface area (Å²) >= 11 is 0. The minimum Gasteiger partial charge on any atom is -0.308 e. The van der Waals surface area contributed by atoms with Crippen LogP contribution in [0.1, 0.15) is 52.9 Å². The van der Waals surface area contributed by atoms with Crippen molar-refractivity contribution in [3.8, 4) is 0 Å². The van der Waals surface area contributed by atoms with Gasteiger partial charge in [-0.25, -0.2) is 0 Å². The summed E-state index contributed by atoms with van der Waals surface area (Å²) < 4.78 is 0. The average molecular weight is 195 g/mol. The first-order chi connectivity index (χ1) is 6.77. The van der Waals surface area contributed by atoms with E-state index in [1.54, 1.807) is 0 Å². The summed E-state index contributed by atoms with van der Waals surface area (Å²) in [6, 6.07) is 1.30. The highest BCUT2D eigenvalue weighted by Gasteiger charge is 2.16. The highest BCUT2D eigenvalue weighted by molar-refractivity contribution is 4.98. The van der Waals surface area contributed by atoms with Crippen molar-refractivity contribution in [3.63, 3.8) is 0 Å². The largest absolute Gasteiger partial charge is 0.308 e. The maximum absolute atomic E-state index is 3.73. The highest BCUT2D eigenvalue weighted by Crippen LogP contribution is 2.16.